The summed E-state index contributed by atoms with van der Waals surface area (Å²) in [7, 11) is -0.325. The van der Waals surface area contributed by atoms with Crippen molar-refractivity contribution >= 4 is 18.6 Å². The largest absolute Gasteiger partial charge is 0.494 e. The summed E-state index contributed by atoms with van der Waals surface area (Å²) in [5.41, 5.74) is 1.58. The molecule has 2 rings (SSSR count). The molecule has 1 aliphatic heterocycles. The van der Waals surface area contributed by atoms with Crippen molar-refractivity contribution in [1.29, 1.82) is 0 Å². The Labute approximate surface area is 139 Å². The molecule has 0 aromatic heterocycles. The van der Waals surface area contributed by atoms with Crippen LogP contribution in [0.25, 0.3) is 0 Å². The van der Waals surface area contributed by atoms with Crippen LogP contribution in [0.2, 0.25) is 0 Å². The predicted octanol–water partition coefficient (Wildman–Crippen LogP) is 2.87. The molecular formula is C18H27BO4. The molecule has 1 aromatic rings. The van der Waals surface area contributed by atoms with Crippen molar-refractivity contribution in [2.75, 3.05) is 6.61 Å². The van der Waals surface area contributed by atoms with Crippen molar-refractivity contribution in [1.82, 2.24) is 0 Å². The van der Waals surface area contributed by atoms with Crippen LogP contribution >= 0.6 is 0 Å². The Morgan fingerprint density at radius 1 is 1.09 bits per heavy atom. The maximum absolute atomic E-state index is 11.3. The van der Waals surface area contributed by atoms with Crippen molar-refractivity contribution in [2.45, 2.75) is 65.1 Å². The van der Waals surface area contributed by atoms with E-state index in [0.29, 0.717) is 13.0 Å². The molecule has 0 bridgehead atoms. The Morgan fingerprint density at radius 2 is 1.65 bits per heavy atom. The highest BCUT2D eigenvalue weighted by Gasteiger charge is 2.51. The Hall–Kier alpha value is -1.33. The summed E-state index contributed by atoms with van der Waals surface area (Å²) in [5, 5.41) is 0. The Bertz CT molecular complexity index is 520. The van der Waals surface area contributed by atoms with Gasteiger partial charge in [0, 0.05) is 6.42 Å². The van der Waals surface area contributed by atoms with Gasteiger partial charge in [0.25, 0.3) is 0 Å². The third-order valence-electron chi connectivity index (χ3n) is 4.66. The monoisotopic (exact) mass is 318 g/mol. The van der Waals surface area contributed by atoms with Gasteiger partial charge in [-0.3, -0.25) is 4.79 Å². The molecule has 1 fully saturated rings. The smallest absolute Gasteiger partial charge is 0.466 e. The SMILES string of the molecule is CCOC(=O)CCCc1ccc(B2OC(C)(C)C(C)(C)O2)cc1. The predicted molar refractivity (Wildman–Crippen MR) is 91.7 cm³/mol. The lowest BCUT2D eigenvalue weighted by molar-refractivity contribution is -0.143. The van der Waals surface area contributed by atoms with Crippen molar-refractivity contribution < 1.29 is 18.8 Å². The molecule has 0 saturated carbocycles. The molecular weight excluding hydrogens is 291 g/mol. The van der Waals surface area contributed by atoms with Gasteiger partial charge in [-0.1, -0.05) is 24.3 Å². The van der Waals surface area contributed by atoms with Crippen LogP contribution in [-0.2, 0) is 25.3 Å². The number of carbonyl (C=O) groups is 1. The average molecular weight is 318 g/mol. The Morgan fingerprint density at radius 3 is 2.17 bits per heavy atom. The molecule has 23 heavy (non-hydrogen) atoms. The summed E-state index contributed by atoms with van der Waals surface area (Å²) in [5.74, 6) is -0.124. The van der Waals surface area contributed by atoms with Gasteiger partial charge in [-0.25, -0.2) is 0 Å². The van der Waals surface area contributed by atoms with Crippen LogP contribution in [0.5, 0.6) is 0 Å². The molecule has 1 heterocycles. The van der Waals surface area contributed by atoms with Gasteiger partial charge >= 0.3 is 13.1 Å². The number of rotatable bonds is 6. The molecule has 0 radical (unpaired) electrons. The fourth-order valence-electron chi connectivity index (χ4n) is 2.49. The fourth-order valence-corrected chi connectivity index (χ4v) is 2.49. The fraction of sp³-hybridized carbons (Fsp3) is 0.611. The first kappa shape index (κ1) is 18.0. The maximum atomic E-state index is 11.3. The van der Waals surface area contributed by atoms with Crippen LogP contribution in [0.4, 0.5) is 0 Å². The van der Waals surface area contributed by atoms with Gasteiger partial charge in [0.05, 0.1) is 17.8 Å². The highest BCUT2D eigenvalue weighted by molar-refractivity contribution is 6.62. The Balaban J connectivity index is 1.89. The van der Waals surface area contributed by atoms with Crippen molar-refractivity contribution in [3.05, 3.63) is 29.8 Å². The molecule has 0 spiro atoms. The van der Waals surface area contributed by atoms with Crippen LogP contribution in [0, 0.1) is 0 Å². The van der Waals surface area contributed by atoms with E-state index in [0.717, 1.165) is 18.3 Å². The van der Waals surface area contributed by atoms with Gasteiger partial charge < -0.3 is 14.0 Å². The molecule has 0 unspecified atom stereocenters. The molecule has 1 aliphatic rings. The number of ether oxygens (including phenoxy) is 1. The minimum Gasteiger partial charge on any atom is -0.466 e. The molecule has 0 aliphatic carbocycles. The second kappa shape index (κ2) is 7.06. The van der Waals surface area contributed by atoms with Gasteiger partial charge in [0.15, 0.2) is 0 Å². The number of benzene rings is 1. The first-order valence-electron chi connectivity index (χ1n) is 8.35. The van der Waals surface area contributed by atoms with Crippen LogP contribution in [0.15, 0.2) is 24.3 Å². The molecule has 0 N–H and O–H groups in total. The molecule has 4 nitrogen and oxygen atoms in total. The molecule has 126 valence electrons. The summed E-state index contributed by atoms with van der Waals surface area (Å²) < 4.78 is 17.0. The third-order valence-corrected chi connectivity index (χ3v) is 4.66. The van der Waals surface area contributed by atoms with E-state index in [-0.39, 0.29) is 24.3 Å². The average Bonchev–Trinajstić information content (AvgIpc) is 2.68. The molecule has 1 aromatic carbocycles. The summed E-state index contributed by atoms with van der Waals surface area (Å²) >= 11 is 0. The standard InChI is InChI=1S/C18H27BO4/c1-6-21-16(20)9-7-8-14-10-12-15(13-11-14)19-22-17(2,3)18(4,5)23-19/h10-13H,6-9H2,1-5H3. The Kier molecular flexibility index (Phi) is 5.53. The molecule has 0 amide bonds. The van der Waals surface area contributed by atoms with E-state index in [1.54, 1.807) is 0 Å². The van der Waals surface area contributed by atoms with Gasteiger partial charge in [0.1, 0.15) is 0 Å². The number of carbonyl (C=O) groups excluding carboxylic acids is 1. The van der Waals surface area contributed by atoms with E-state index < -0.39 is 0 Å². The van der Waals surface area contributed by atoms with Gasteiger partial charge in [0.2, 0.25) is 0 Å². The zero-order valence-electron chi connectivity index (χ0n) is 14.8. The summed E-state index contributed by atoms with van der Waals surface area (Å²) in [6.07, 6.45) is 2.13. The molecule has 1 saturated heterocycles. The highest BCUT2D eigenvalue weighted by Crippen LogP contribution is 2.36. The lowest BCUT2D eigenvalue weighted by Gasteiger charge is -2.32. The van der Waals surface area contributed by atoms with Crippen molar-refractivity contribution in [2.24, 2.45) is 0 Å². The minimum absolute atomic E-state index is 0.124. The van der Waals surface area contributed by atoms with E-state index in [1.165, 1.54) is 5.56 Å². The van der Waals surface area contributed by atoms with Gasteiger partial charge in [-0.05, 0) is 58.5 Å². The van der Waals surface area contributed by atoms with E-state index in [9.17, 15) is 4.79 Å². The molecule has 0 atom stereocenters. The van der Waals surface area contributed by atoms with E-state index >= 15 is 0 Å². The third kappa shape index (κ3) is 4.36. The lowest BCUT2D eigenvalue weighted by Crippen LogP contribution is -2.41. The second-order valence-corrected chi connectivity index (χ2v) is 6.99. The van der Waals surface area contributed by atoms with E-state index in [1.807, 2.05) is 19.1 Å². The lowest BCUT2D eigenvalue weighted by atomic mass is 9.78. The van der Waals surface area contributed by atoms with Crippen molar-refractivity contribution in [3.8, 4) is 0 Å². The maximum Gasteiger partial charge on any atom is 0.494 e. The number of hydrogen-bond donors (Lipinski definition) is 0. The van der Waals surface area contributed by atoms with E-state index in [4.69, 9.17) is 14.0 Å². The van der Waals surface area contributed by atoms with Crippen molar-refractivity contribution in [3.63, 3.8) is 0 Å². The molecule has 5 heteroatoms. The zero-order chi connectivity index (χ0) is 17.1. The normalized spacial score (nSPS) is 18.9. The van der Waals surface area contributed by atoms with Crippen LogP contribution in [0.3, 0.4) is 0 Å². The van der Waals surface area contributed by atoms with E-state index in [2.05, 4.69) is 39.8 Å². The summed E-state index contributed by atoms with van der Waals surface area (Å²) in [4.78, 5) is 11.3. The van der Waals surface area contributed by atoms with Crippen LogP contribution in [-0.4, -0.2) is 30.9 Å². The summed E-state index contributed by atoms with van der Waals surface area (Å²) in [6, 6.07) is 8.24. The van der Waals surface area contributed by atoms with Crippen LogP contribution < -0.4 is 5.46 Å². The van der Waals surface area contributed by atoms with Crippen LogP contribution in [0.1, 0.15) is 53.0 Å². The first-order valence-corrected chi connectivity index (χ1v) is 8.35. The highest BCUT2D eigenvalue weighted by atomic mass is 16.7. The van der Waals surface area contributed by atoms with Gasteiger partial charge in [-0.2, -0.15) is 0 Å². The number of esters is 1. The zero-order valence-corrected chi connectivity index (χ0v) is 14.8. The second-order valence-electron chi connectivity index (χ2n) is 6.99. The first-order chi connectivity index (χ1) is 10.7. The minimum atomic E-state index is -0.325. The summed E-state index contributed by atoms with van der Waals surface area (Å²) in [6.45, 7) is 10.5. The quantitative estimate of drug-likeness (QED) is 0.598. The number of hydrogen-bond acceptors (Lipinski definition) is 4. The van der Waals surface area contributed by atoms with Gasteiger partial charge in [-0.15, -0.1) is 0 Å². The topological polar surface area (TPSA) is 44.8 Å². The number of aryl methyl sites for hydroxylation is 1.